The number of nitro groups is 1. The Balaban J connectivity index is 1.79. The van der Waals surface area contributed by atoms with Crippen molar-refractivity contribution in [1.29, 1.82) is 0 Å². The zero-order valence-corrected chi connectivity index (χ0v) is 14.3. The van der Waals surface area contributed by atoms with Gasteiger partial charge in [0.2, 0.25) is 0 Å². The predicted octanol–water partition coefficient (Wildman–Crippen LogP) is 4.34. The van der Waals surface area contributed by atoms with Crippen molar-refractivity contribution in [3.63, 3.8) is 0 Å². The second-order valence-electron chi connectivity index (χ2n) is 5.55. The van der Waals surface area contributed by atoms with Crippen LogP contribution in [0, 0.1) is 10.1 Å². The molecule has 0 N–H and O–H groups in total. The zero-order valence-electron chi connectivity index (χ0n) is 12.8. The average Bonchev–Trinajstić information content (AvgIpc) is 2.93. The van der Waals surface area contributed by atoms with Crippen LogP contribution >= 0.6 is 23.2 Å². The molecule has 0 aliphatic carbocycles. The molecule has 0 atom stereocenters. The van der Waals surface area contributed by atoms with Crippen LogP contribution in [0.1, 0.15) is 5.56 Å². The van der Waals surface area contributed by atoms with E-state index in [4.69, 9.17) is 23.2 Å². The molecule has 1 aromatic heterocycles. The van der Waals surface area contributed by atoms with Crippen LogP contribution < -0.4 is 0 Å². The van der Waals surface area contributed by atoms with Gasteiger partial charge >= 0.3 is 0 Å². The maximum absolute atomic E-state index is 10.9. The van der Waals surface area contributed by atoms with Gasteiger partial charge in [-0.2, -0.15) is 5.10 Å². The SMILES string of the molecule is CN(Cc1ccc(Cl)c(Cl)c1)Cn1ncc2ccc([N+](=O)[O-])cc21. The number of hydrogen-bond donors (Lipinski definition) is 0. The zero-order chi connectivity index (χ0) is 17.3. The fraction of sp³-hybridized carbons (Fsp3) is 0.188. The molecule has 3 aromatic rings. The summed E-state index contributed by atoms with van der Waals surface area (Å²) in [6.07, 6.45) is 1.70. The van der Waals surface area contributed by atoms with Crippen molar-refractivity contribution in [2.75, 3.05) is 7.05 Å². The Hall–Kier alpha value is -2.15. The number of benzene rings is 2. The van der Waals surface area contributed by atoms with Crippen LogP contribution in [0.2, 0.25) is 10.0 Å². The van der Waals surface area contributed by atoms with Crippen LogP contribution in [0.4, 0.5) is 5.69 Å². The number of rotatable bonds is 5. The summed E-state index contributed by atoms with van der Waals surface area (Å²) in [4.78, 5) is 12.6. The molecule has 0 saturated heterocycles. The first-order valence-electron chi connectivity index (χ1n) is 7.16. The van der Waals surface area contributed by atoms with E-state index >= 15 is 0 Å². The fourth-order valence-corrected chi connectivity index (χ4v) is 2.83. The van der Waals surface area contributed by atoms with E-state index in [1.807, 2.05) is 24.1 Å². The highest BCUT2D eigenvalue weighted by Crippen LogP contribution is 2.24. The van der Waals surface area contributed by atoms with Gasteiger partial charge in [0, 0.05) is 24.1 Å². The number of non-ortho nitro benzene ring substituents is 1. The molecule has 1 heterocycles. The monoisotopic (exact) mass is 364 g/mol. The normalized spacial score (nSPS) is 11.3. The lowest BCUT2D eigenvalue weighted by atomic mass is 10.2. The van der Waals surface area contributed by atoms with E-state index in [1.54, 1.807) is 23.0 Å². The number of fused-ring (bicyclic) bond motifs is 1. The van der Waals surface area contributed by atoms with Crippen molar-refractivity contribution in [2.45, 2.75) is 13.2 Å². The van der Waals surface area contributed by atoms with Crippen molar-refractivity contribution in [3.8, 4) is 0 Å². The Bertz CT molecular complexity index is 910. The van der Waals surface area contributed by atoms with Crippen LogP contribution in [0.15, 0.2) is 42.6 Å². The lowest BCUT2D eigenvalue weighted by Crippen LogP contribution is -2.22. The summed E-state index contributed by atoms with van der Waals surface area (Å²) in [7, 11) is 1.94. The minimum atomic E-state index is -0.407. The van der Waals surface area contributed by atoms with E-state index in [0.29, 0.717) is 23.3 Å². The Morgan fingerprint density at radius 2 is 2.00 bits per heavy atom. The Morgan fingerprint density at radius 3 is 2.71 bits per heavy atom. The summed E-state index contributed by atoms with van der Waals surface area (Å²) in [6, 6.07) is 10.2. The summed E-state index contributed by atoms with van der Waals surface area (Å²) in [5, 5.41) is 17.2. The highest BCUT2D eigenvalue weighted by molar-refractivity contribution is 6.42. The molecule has 0 aliphatic rings. The largest absolute Gasteiger partial charge is 0.283 e. The lowest BCUT2D eigenvalue weighted by molar-refractivity contribution is -0.384. The first-order chi connectivity index (χ1) is 11.4. The Kier molecular flexibility index (Phi) is 4.71. The van der Waals surface area contributed by atoms with E-state index in [-0.39, 0.29) is 5.69 Å². The van der Waals surface area contributed by atoms with Gasteiger partial charge < -0.3 is 0 Å². The van der Waals surface area contributed by atoms with E-state index in [0.717, 1.165) is 16.5 Å². The third-order valence-electron chi connectivity index (χ3n) is 3.65. The van der Waals surface area contributed by atoms with Gasteiger partial charge in [-0.05, 0) is 30.8 Å². The molecular formula is C16H14Cl2N4O2. The summed E-state index contributed by atoms with van der Waals surface area (Å²) in [6.45, 7) is 1.14. The van der Waals surface area contributed by atoms with Crippen LogP contribution in [-0.2, 0) is 13.2 Å². The number of aromatic nitrogens is 2. The molecule has 0 aliphatic heterocycles. The van der Waals surface area contributed by atoms with E-state index in [2.05, 4.69) is 5.10 Å². The molecular weight excluding hydrogens is 351 g/mol. The van der Waals surface area contributed by atoms with Gasteiger partial charge in [-0.3, -0.25) is 19.7 Å². The molecule has 0 bridgehead atoms. The van der Waals surface area contributed by atoms with Gasteiger partial charge in [-0.15, -0.1) is 0 Å². The summed E-state index contributed by atoms with van der Waals surface area (Å²) in [5.41, 5.74) is 1.80. The molecule has 8 heteroatoms. The molecule has 0 unspecified atom stereocenters. The highest BCUT2D eigenvalue weighted by atomic mass is 35.5. The van der Waals surface area contributed by atoms with Crippen LogP contribution in [-0.4, -0.2) is 26.7 Å². The smallest absolute Gasteiger partial charge is 0.271 e. The molecule has 2 aromatic carbocycles. The van der Waals surface area contributed by atoms with E-state index in [9.17, 15) is 10.1 Å². The quantitative estimate of drug-likeness (QED) is 0.498. The molecule has 124 valence electrons. The van der Waals surface area contributed by atoms with Gasteiger partial charge in [-0.1, -0.05) is 29.3 Å². The molecule has 3 rings (SSSR count). The summed E-state index contributed by atoms with van der Waals surface area (Å²) in [5.74, 6) is 0. The van der Waals surface area contributed by atoms with Crippen molar-refractivity contribution >= 4 is 39.8 Å². The minimum absolute atomic E-state index is 0.0522. The minimum Gasteiger partial charge on any atom is -0.283 e. The average molecular weight is 365 g/mol. The summed E-state index contributed by atoms with van der Waals surface area (Å²) >= 11 is 12.0. The second kappa shape index (κ2) is 6.76. The Labute approximate surface area is 148 Å². The second-order valence-corrected chi connectivity index (χ2v) is 6.36. The van der Waals surface area contributed by atoms with Gasteiger partial charge in [-0.25, -0.2) is 0 Å². The van der Waals surface area contributed by atoms with Crippen LogP contribution in [0.3, 0.4) is 0 Å². The number of nitrogens with zero attached hydrogens (tertiary/aromatic N) is 4. The maximum Gasteiger partial charge on any atom is 0.271 e. The number of nitro benzene ring substituents is 1. The topological polar surface area (TPSA) is 64.2 Å². The highest BCUT2D eigenvalue weighted by Gasteiger charge is 2.11. The van der Waals surface area contributed by atoms with E-state index < -0.39 is 4.92 Å². The molecule has 0 spiro atoms. The summed E-state index contributed by atoms with van der Waals surface area (Å²) < 4.78 is 1.74. The molecule has 0 radical (unpaired) electrons. The third kappa shape index (κ3) is 3.51. The molecule has 0 fully saturated rings. The van der Waals surface area contributed by atoms with Crippen molar-refractivity contribution in [3.05, 3.63) is 68.3 Å². The first kappa shape index (κ1) is 16.7. The van der Waals surface area contributed by atoms with Crippen LogP contribution in [0.25, 0.3) is 10.9 Å². The Morgan fingerprint density at radius 1 is 1.21 bits per heavy atom. The first-order valence-corrected chi connectivity index (χ1v) is 7.92. The standard InChI is InChI=1S/C16H14Cl2N4O2/c1-20(9-11-2-5-14(17)15(18)6-11)10-21-16-7-13(22(23)24)4-3-12(16)8-19-21/h2-8H,9-10H2,1H3. The predicted molar refractivity (Wildman–Crippen MR) is 94.3 cm³/mol. The fourth-order valence-electron chi connectivity index (χ4n) is 2.51. The maximum atomic E-state index is 10.9. The van der Waals surface area contributed by atoms with Gasteiger partial charge in [0.1, 0.15) is 0 Å². The third-order valence-corrected chi connectivity index (χ3v) is 4.39. The van der Waals surface area contributed by atoms with Crippen molar-refractivity contribution < 1.29 is 4.92 Å². The molecule has 6 nitrogen and oxygen atoms in total. The van der Waals surface area contributed by atoms with E-state index in [1.165, 1.54) is 12.1 Å². The van der Waals surface area contributed by atoms with Crippen molar-refractivity contribution in [1.82, 2.24) is 14.7 Å². The lowest BCUT2D eigenvalue weighted by Gasteiger charge is -2.17. The number of halogens is 2. The van der Waals surface area contributed by atoms with Crippen LogP contribution in [0.5, 0.6) is 0 Å². The van der Waals surface area contributed by atoms with Gasteiger partial charge in [0.05, 0.1) is 33.4 Å². The number of hydrogen-bond acceptors (Lipinski definition) is 4. The molecule has 0 amide bonds. The van der Waals surface area contributed by atoms with Crippen molar-refractivity contribution in [2.24, 2.45) is 0 Å². The molecule has 0 saturated carbocycles. The van der Waals surface area contributed by atoms with Gasteiger partial charge in [0.15, 0.2) is 0 Å². The molecule has 24 heavy (non-hydrogen) atoms. The van der Waals surface area contributed by atoms with Gasteiger partial charge in [0.25, 0.3) is 5.69 Å².